The molecular weight excluding hydrogens is 282 g/mol. The maximum Gasteiger partial charge on any atom is 0.328 e. The van der Waals surface area contributed by atoms with Gasteiger partial charge in [-0.25, -0.2) is 17.9 Å². The predicted octanol–water partition coefficient (Wildman–Crippen LogP) is 0.835. The van der Waals surface area contributed by atoms with E-state index in [9.17, 15) is 13.2 Å². The van der Waals surface area contributed by atoms with Gasteiger partial charge in [-0.3, -0.25) is 0 Å². The summed E-state index contributed by atoms with van der Waals surface area (Å²) >= 11 is 0. The van der Waals surface area contributed by atoms with E-state index in [4.69, 9.17) is 10.2 Å². The van der Waals surface area contributed by atoms with E-state index in [1.165, 1.54) is 30.3 Å². The number of carboxylic acids is 1. The van der Waals surface area contributed by atoms with Crippen molar-refractivity contribution in [3.63, 3.8) is 0 Å². The van der Waals surface area contributed by atoms with Crippen molar-refractivity contribution in [2.24, 2.45) is 0 Å². The van der Waals surface area contributed by atoms with Crippen LogP contribution in [0.5, 0.6) is 0 Å². The zero-order valence-corrected chi connectivity index (χ0v) is 11.6. The van der Waals surface area contributed by atoms with Crippen molar-refractivity contribution in [3.8, 4) is 0 Å². The molecule has 0 spiro atoms. The van der Waals surface area contributed by atoms with Gasteiger partial charge in [0, 0.05) is 19.2 Å². The minimum absolute atomic E-state index is 0.0341. The van der Waals surface area contributed by atoms with Crippen LogP contribution in [0.3, 0.4) is 0 Å². The molecule has 3 N–H and O–H groups in total. The van der Waals surface area contributed by atoms with E-state index in [2.05, 4.69) is 4.72 Å². The van der Waals surface area contributed by atoms with Gasteiger partial charge in [-0.1, -0.05) is 12.1 Å². The number of carboxylic acid groups (broad SMARTS) is 1. The topological polar surface area (TPSA) is 104 Å². The van der Waals surface area contributed by atoms with Crippen molar-refractivity contribution in [1.29, 1.82) is 0 Å². The zero-order chi connectivity index (χ0) is 15.0. The number of hydrogen-bond acceptors (Lipinski definition) is 4. The average Bonchev–Trinajstić information content (AvgIpc) is 2.42. The van der Waals surface area contributed by atoms with Crippen LogP contribution < -0.4 is 4.72 Å². The first-order valence-electron chi connectivity index (χ1n) is 6.07. The van der Waals surface area contributed by atoms with Gasteiger partial charge in [-0.05, 0) is 36.6 Å². The highest BCUT2D eigenvalue weighted by Gasteiger charge is 2.12. The highest BCUT2D eigenvalue weighted by molar-refractivity contribution is 7.89. The lowest BCUT2D eigenvalue weighted by molar-refractivity contribution is -0.131. The third kappa shape index (κ3) is 5.52. The van der Waals surface area contributed by atoms with Crippen LogP contribution in [0.1, 0.15) is 18.4 Å². The molecule has 1 aromatic rings. The lowest BCUT2D eigenvalue weighted by Gasteiger charge is -2.06. The molecule has 0 amide bonds. The Labute approximate surface area is 117 Å². The van der Waals surface area contributed by atoms with Crippen molar-refractivity contribution in [1.82, 2.24) is 4.72 Å². The van der Waals surface area contributed by atoms with Gasteiger partial charge in [0.2, 0.25) is 10.0 Å². The molecule has 0 heterocycles. The smallest absolute Gasteiger partial charge is 0.328 e. The number of hydrogen-bond donors (Lipinski definition) is 3. The van der Waals surface area contributed by atoms with Crippen molar-refractivity contribution in [3.05, 3.63) is 35.9 Å². The Morgan fingerprint density at radius 3 is 2.40 bits per heavy atom. The van der Waals surface area contributed by atoms with E-state index in [0.717, 1.165) is 6.08 Å². The fourth-order valence-corrected chi connectivity index (χ4v) is 2.53. The molecule has 0 radical (unpaired) electrons. The van der Waals surface area contributed by atoms with Crippen LogP contribution in [0, 0.1) is 0 Å². The van der Waals surface area contributed by atoms with Crippen LogP contribution in [-0.2, 0) is 14.8 Å². The minimum Gasteiger partial charge on any atom is -0.478 e. The summed E-state index contributed by atoms with van der Waals surface area (Å²) in [6, 6.07) is 5.88. The van der Waals surface area contributed by atoms with E-state index in [0.29, 0.717) is 18.4 Å². The molecule has 0 aliphatic heterocycles. The second-order valence-corrected chi connectivity index (χ2v) is 5.84. The standard InChI is InChI=1S/C13H17NO5S/c15-10-2-1-9-14-20(18,19)12-6-3-11(4-7-12)5-8-13(16)17/h3-8,14-15H,1-2,9-10H2,(H,16,17)/b8-5+. The van der Waals surface area contributed by atoms with Gasteiger partial charge >= 0.3 is 5.97 Å². The summed E-state index contributed by atoms with van der Waals surface area (Å²) < 4.78 is 26.2. The molecule has 1 rings (SSSR count). The first-order chi connectivity index (χ1) is 9.45. The molecule has 0 unspecified atom stereocenters. The SMILES string of the molecule is O=C(O)/C=C/c1ccc(S(=O)(=O)NCCCCO)cc1. The number of benzene rings is 1. The van der Waals surface area contributed by atoms with E-state index >= 15 is 0 Å². The number of aliphatic hydroxyl groups is 1. The maximum absolute atomic E-state index is 11.9. The van der Waals surface area contributed by atoms with Crippen LogP contribution >= 0.6 is 0 Å². The summed E-state index contributed by atoms with van der Waals surface area (Å²) in [6.45, 7) is 0.301. The van der Waals surface area contributed by atoms with Crippen LogP contribution in [0.4, 0.5) is 0 Å². The minimum atomic E-state index is -3.56. The molecule has 110 valence electrons. The molecule has 0 aliphatic carbocycles. The molecule has 0 fully saturated rings. The zero-order valence-electron chi connectivity index (χ0n) is 10.8. The summed E-state index contributed by atoms with van der Waals surface area (Å²) in [5, 5.41) is 17.1. The second kappa shape index (κ2) is 7.78. The normalized spacial score (nSPS) is 11.8. The molecule has 0 aromatic heterocycles. The molecule has 0 aliphatic rings. The number of nitrogens with one attached hydrogen (secondary N) is 1. The molecule has 1 aromatic carbocycles. The molecule has 0 saturated carbocycles. The Morgan fingerprint density at radius 1 is 1.20 bits per heavy atom. The fraction of sp³-hybridized carbons (Fsp3) is 0.308. The third-order valence-electron chi connectivity index (χ3n) is 2.49. The molecule has 0 bridgehead atoms. The Hall–Kier alpha value is -1.70. The Bertz CT molecular complexity index is 563. The van der Waals surface area contributed by atoms with Crippen molar-refractivity contribution in [2.45, 2.75) is 17.7 Å². The molecule has 0 atom stereocenters. The number of rotatable bonds is 8. The van der Waals surface area contributed by atoms with E-state index in [1.54, 1.807) is 0 Å². The van der Waals surface area contributed by atoms with Crippen molar-refractivity contribution in [2.75, 3.05) is 13.2 Å². The molecule has 0 saturated heterocycles. The van der Waals surface area contributed by atoms with Crippen molar-refractivity contribution < 1.29 is 23.4 Å². The predicted molar refractivity (Wildman–Crippen MR) is 74.6 cm³/mol. The third-order valence-corrected chi connectivity index (χ3v) is 3.96. The maximum atomic E-state index is 11.9. The quantitative estimate of drug-likeness (QED) is 0.487. The Kier molecular flexibility index (Phi) is 6.37. The van der Waals surface area contributed by atoms with Gasteiger partial charge in [0.15, 0.2) is 0 Å². The molecule has 6 nitrogen and oxygen atoms in total. The summed E-state index contributed by atoms with van der Waals surface area (Å²) in [5.74, 6) is -1.06. The first kappa shape index (κ1) is 16.4. The fourth-order valence-electron chi connectivity index (χ4n) is 1.45. The lowest BCUT2D eigenvalue weighted by atomic mass is 10.2. The Morgan fingerprint density at radius 2 is 1.85 bits per heavy atom. The number of aliphatic hydroxyl groups excluding tert-OH is 1. The van der Waals surface area contributed by atoms with Crippen LogP contribution in [0.2, 0.25) is 0 Å². The van der Waals surface area contributed by atoms with Gasteiger partial charge in [-0.15, -0.1) is 0 Å². The highest BCUT2D eigenvalue weighted by atomic mass is 32.2. The van der Waals surface area contributed by atoms with Gasteiger partial charge in [-0.2, -0.15) is 0 Å². The number of aliphatic carboxylic acids is 1. The second-order valence-electron chi connectivity index (χ2n) is 4.07. The Balaban J connectivity index is 2.69. The van der Waals surface area contributed by atoms with E-state index in [1.807, 2.05) is 0 Å². The van der Waals surface area contributed by atoms with Gasteiger partial charge in [0.05, 0.1) is 4.90 Å². The van der Waals surface area contributed by atoms with E-state index < -0.39 is 16.0 Å². The van der Waals surface area contributed by atoms with Crippen molar-refractivity contribution >= 4 is 22.1 Å². The van der Waals surface area contributed by atoms with Gasteiger partial charge in [0.1, 0.15) is 0 Å². The van der Waals surface area contributed by atoms with Crippen LogP contribution in [0.25, 0.3) is 6.08 Å². The average molecular weight is 299 g/mol. The number of sulfonamides is 1. The van der Waals surface area contributed by atoms with Gasteiger partial charge in [0.25, 0.3) is 0 Å². The molecule has 7 heteroatoms. The summed E-state index contributed by atoms with van der Waals surface area (Å²) in [5.41, 5.74) is 0.603. The summed E-state index contributed by atoms with van der Waals surface area (Å²) in [4.78, 5) is 10.5. The van der Waals surface area contributed by atoms with Crippen LogP contribution in [-0.4, -0.2) is 37.8 Å². The lowest BCUT2D eigenvalue weighted by Crippen LogP contribution is -2.24. The monoisotopic (exact) mass is 299 g/mol. The number of unbranched alkanes of at least 4 members (excludes halogenated alkanes) is 1. The van der Waals surface area contributed by atoms with Crippen LogP contribution in [0.15, 0.2) is 35.2 Å². The van der Waals surface area contributed by atoms with Gasteiger partial charge < -0.3 is 10.2 Å². The highest BCUT2D eigenvalue weighted by Crippen LogP contribution is 2.11. The molecule has 20 heavy (non-hydrogen) atoms. The summed E-state index contributed by atoms with van der Waals surface area (Å²) in [7, 11) is -3.56. The largest absolute Gasteiger partial charge is 0.478 e. The van der Waals surface area contributed by atoms with E-state index in [-0.39, 0.29) is 18.0 Å². The first-order valence-corrected chi connectivity index (χ1v) is 7.55. The summed E-state index contributed by atoms with van der Waals surface area (Å²) in [6.07, 6.45) is 3.47. The molecular formula is C13H17NO5S. The number of carbonyl (C=O) groups is 1.